The van der Waals surface area contributed by atoms with Crippen molar-refractivity contribution >= 4 is 17.8 Å². The number of aliphatic carboxylic acids is 1. The maximum atomic E-state index is 12.6. The smallest absolute Gasteiger partial charge is 0.475 e. The summed E-state index contributed by atoms with van der Waals surface area (Å²) in [6.07, 6.45) is 3.72. The maximum Gasteiger partial charge on any atom is 0.490 e. The molecule has 1 fully saturated rings. The van der Waals surface area contributed by atoms with Crippen LogP contribution in [0.25, 0.3) is 0 Å². The van der Waals surface area contributed by atoms with Crippen molar-refractivity contribution in [2.24, 2.45) is 5.73 Å². The third-order valence-electron chi connectivity index (χ3n) is 5.68. The molecule has 0 spiro atoms. The van der Waals surface area contributed by atoms with Crippen LogP contribution in [0.3, 0.4) is 0 Å². The predicted octanol–water partition coefficient (Wildman–Crippen LogP) is 3.55. The van der Waals surface area contributed by atoms with E-state index in [1.807, 2.05) is 12.1 Å². The molecule has 5 N–H and O–H groups in total. The number of carboxylic acids is 1. The SMILES string of the molecule is NC1CCCc2ccc(C(=O)Nc3n[nH]c(C4CCCC4)n3)cc2C1.O=C(O)C(F)(F)F. The van der Waals surface area contributed by atoms with Crippen molar-refractivity contribution in [3.63, 3.8) is 0 Å². The number of H-pyrrole nitrogens is 1. The summed E-state index contributed by atoms with van der Waals surface area (Å²) in [5.41, 5.74) is 9.28. The number of nitrogens with one attached hydrogen (secondary N) is 2. The average Bonchev–Trinajstić information content (AvgIpc) is 3.37. The first-order chi connectivity index (χ1) is 15.1. The Morgan fingerprint density at radius 1 is 1.12 bits per heavy atom. The molecule has 1 saturated carbocycles. The van der Waals surface area contributed by atoms with Crippen molar-refractivity contribution in [3.05, 3.63) is 40.7 Å². The van der Waals surface area contributed by atoms with E-state index >= 15 is 0 Å². The molecule has 0 radical (unpaired) electrons. The van der Waals surface area contributed by atoms with Crippen molar-refractivity contribution in [1.82, 2.24) is 15.2 Å². The lowest BCUT2D eigenvalue weighted by molar-refractivity contribution is -0.192. The van der Waals surface area contributed by atoms with Gasteiger partial charge in [0, 0.05) is 17.5 Å². The number of carboxylic acid groups (broad SMARTS) is 1. The lowest BCUT2D eigenvalue weighted by atomic mass is 9.99. The summed E-state index contributed by atoms with van der Waals surface area (Å²) >= 11 is 0. The summed E-state index contributed by atoms with van der Waals surface area (Å²) in [5.74, 6) is -1.23. The number of hydrogen-bond donors (Lipinski definition) is 4. The summed E-state index contributed by atoms with van der Waals surface area (Å²) < 4.78 is 31.7. The number of carbonyl (C=O) groups excluding carboxylic acids is 1. The van der Waals surface area contributed by atoms with Crippen LogP contribution in [0.4, 0.5) is 19.1 Å². The molecule has 1 unspecified atom stereocenters. The molecule has 1 heterocycles. The predicted molar refractivity (Wildman–Crippen MR) is 110 cm³/mol. The van der Waals surface area contributed by atoms with E-state index in [1.54, 1.807) is 0 Å². The Labute approximate surface area is 182 Å². The molecule has 1 amide bonds. The minimum atomic E-state index is -5.08. The number of rotatable bonds is 3. The van der Waals surface area contributed by atoms with Gasteiger partial charge >= 0.3 is 12.1 Å². The number of aromatic amines is 1. The number of carbonyl (C=O) groups is 2. The molecule has 2 aliphatic carbocycles. The molecule has 0 bridgehead atoms. The van der Waals surface area contributed by atoms with Crippen molar-refractivity contribution in [3.8, 4) is 0 Å². The molecule has 32 heavy (non-hydrogen) atoms. The fraction of sp³-hybridized carbons (Fsp3) is 0.524. The number of benzene rings is 1. The standard InChI is InChI=1S/C19H25N5O.C2HF3O2/c20-16-7-3-6-12-8-9-14(10-15(12)11-16)18(25)22-19-21-17(23-24-19)13-4-1-2-5-13;3-2(4,5)1(6)7/h8-10,13,16H,1-7,11,20H2,(H2,21,22,23,24,25);(H,6,7). The maximum absolute atomic E-state index is 12.6. The van der Waals surface area contributed by atoms with Crippen molar-refractivity contribution in [2.45, 2.75) is 69.5 Å². The highest BCUT2D eigenvalue weighted by Gasteiger charge is 2.38. The zero-order valence-corrected chi connectivity index (χ0v) is 17.4. The quantitative estimate of drug-likeness (QED) is 0.525. The monoisotopic (exact) mass is 453 g/mol. The van der Waals surface area contributed by atoms with Gasteiger partial charge in [0.1, 0.15) is 5.82 Å². The van der Waals surface area contributed by atoms with Crippen LogP contribution in [0.2, 0.25) is 0 Å². The first kappa shape index (κ1) is 23.7. The Bertz CT molecular complexity index is 954. The topological polar surface area (TPSA) is 134 Å². The van der Waals surface area contributed by atoms with Gasteiger partial charge in [-0.2, -0.15) is 18.2 Å². The molecule has 11 heteroatoms. The number of hydrogen-bond acceptors (Lipinski definition) is 5. The van der Waals surface area contributed by atoms with Gasteiger partial charge < -0.3 is 10.8 Å². The van der Waals surface area contributed by atoms with Crippen molar-refractivity contribution < 1.29 is 27.9 Å². The molecule has 8 nitrogen and oxygen atoms in total. The lowest BCUT2D eigenvalue weighted by Crippen LogP contribution is -2.21. The van der Waals surface area contributed by atoms with Gasteiger partial charge in [-0.1, -0.05) is 18.9 Å². The van der Waals surface area contributed by atoms with Crippen molar-refractivity contribution in [2.75, 3.05) is 5.32 Å². The zero-order valence-electron chi connectivity index (χ0n) is 17.4. The molecule has 4 rings (SSSR count). The normalized spacial score (nSPS) is 18.8. The number of aromatic nitrogens is 3. The summed E-state index contributed by atoms with van der Waals surface area (Å²) in [6.45, 7) is 0. The van der Waals surface area contributed by atoms with E-state index in [1.165, 1.54) is 24.0 Å². The van der Waals surface area contributed by atoms with E-state index < -0.39 is 12.1 Å². The second-order valence-corrected chi connectivity index (χ2v) is 8.12. The van der Waals surface area contributed by atoms with Crippen LogP contribution >= 0.6 is 0 Å². The van der Waals surface area contributed by atoms with Gasteiger partial charge in [0.05, 0.1) is 0 Å². The largest absolute Gasteiger partial charge is 0.490 e. The Hall–Kier alpha value is -2.95. The minimum Gasteiger partial charge on any atom is -0.475 e. The number of amides is 1. The van der Waals surface area contributed by atoms with E-state index in [-0.39, 0.29) is 11.9 Å². The molecule has 0 saturated heterocycles. The number of alkyl halides is 3. The lowest BCUT2D eigenvalue weighted by Gasteiger charge is -2.10. The number of halogens is 3. The van der Waals surface area contributed by atoms with Gasteiger partial charge in [0.15, 0.2) is 0 Å². The third-order valence-corrected chi connectivity index (χ3v) is 5.68. The summed E-state index contributed by atoms with van der Waals surface area (Å²) in [5, 5.41) is 17.1. The molecule has 1 atom stereocenters. The number of anilines is 1. The minimum absolute atomic E-state index is 0.169. The molecule has 1 aromatic carbocycles. The molecular weight excluding hydrogens is 427 g/mol. The Morgan fingerprint density at radius 3 is 2.47 bits per heavy atom. The van der Waals surface area contributed by atoms with Crippen LogP contribution in [0.1, 0.15) is 71.8 Å². The van der Waals surface area contributed by atoms with Gasteiger partial charge in [-0.15, -0.1) is 5.10 Å². The van der Waals surface area contributed by atoms with E-state index in [0.29, 0.717) is 17.4 Å². The van der Waals surface area contributed by atoms with Crippen LogP contribution in [-0.2, 0) is 17.6 Å². The van der Waals surface area contributed by atoms with Gasteiger partial charge in [-0.3, -0.25) is 15.2 Å². The Morgan fingerprint density at radius 2 is 1.81 bits per heavy atom. The van der Waals surface area contributed by atoms with Crippen LogP contribution in [-0.4, -0.2) is 44.4 Å². The zero-order chi connectivity index (χ0) is 23.3. The molecule has 2 aromatic rings. The van der Waals surface area contributed by atoms with E-state index in [4.69, 9.17) is 15.6 Å². The first-order valence-electron chi connectivity index (χ1n) is 10.5. The fourth-order valence-electron chi connectivity index (χ4n) is 4.03. The van der Waals surface area contributed by atoms with Crippen LogP contribution in [0.5, 0.6) is 0 Å². The van der Waals surface area contributed by atoms with Gasteiger partial charge in [-0.25, -0.2) is 4.79 Å². The molecule has 174 valence electrons. The summed E-state index contributed by atoms with van der Waals surface area (Å²) in [4.78, 5) is 25.9. The molecule has 0 aliphatic heterocycles. The average molecular weight is 453 g/mol. The molecular formula is C21H26F3N5O3. The number of fused-ring (bicyclic) bond motifs is 1. The summed E-state index contributed by atoms with van der Waals surface area (Å²) in [7, 11) is 0. The fourth-order valence-corrected chi connectivity index (χ4v) is 4.03. The van der Waals surface area contributed by atoms with E-state index in [0.717, 1.165) is 44.3 Å². The Balaban J connectivity index is 0.000000360. The van der Waals surface area contributed by atoms with Crippen LogP contribution in [0.15, 0.2) is 18.2 Å². The molecule has 2 aliphatic rings. The molecule has 1 aromatic heterocycles. The van der Waals surface area contributed by atoms with Gasteiger partial charge in [0.25, 0.3) is 5.91 Å². The second kappa shape index (κ2) is 10.1. The van der Waals surface area contributed by atoms with Crippen LogP contribution in [0, 0.1) is 0 Å². The number of nitrogens with two attached hydrogens (primary N) is 1. The Kier molecular flexibility index (Phi) is 7.49. The van der Waals surface area contributed by atoms with Crippen molar-refractivity contribution in [1.29, 1.82) is 0 Å². The number of aryl methyl sites for hydroxylation is 1. The number of nitrogens with zero attached hydrogens (tertiary/aromatic N) is 2. The third kappa shape index (κ3) is 6.28. The summed E-state index contributed by atoms with van der Waals surface area (Å²) in [6, 6.07) is 6.10. The highest BCUT2D eigenvalue weighted by molar-refractivity contribution is 6.03. The van der Waals surface area contributed by atoms with Crippen LogP contribution < -0.4 is 11.1 Å². The van der Waals surface area contributed by atoms with E-state index in [2.05, 4.69) is 26.6 Å². The van der Waals surface area contributed by atoms with E-state index in [9.17, 15) is 18.0 Å². The van der Waals surface area contributed by atoms with Gasteiger partial charge in [0.2, 0.25) is 5.95 Å². The first-order valence-corrected chi connectivity index (χ1v) is 10.5. The highest BCUT2D eigenvalue weighted by Crippen LogP contribution is 2.32. The van der Waals surface area contributed by atoms with Gasteiger partial charge in [-0.05, 0) is 61.8 Å². The highest BCUT2D eigenvalue weighted by atomic mass is 19.4. The second-order valence-electron chi connectivity index (χ2n) is 8.12.